The van der Waals surface area contributed by atoms with Crippen molar-refractivity contribution < 1.29 is 9.47 Å². The van der Waals surface area contributed by atoms with Crippen LogP contribution in [0, 0.1) is 6.92 Å². The molecule has 108 valence electrons. The molecule has 0 radical (unpaired) electrons. The number of hydrogen-bond donors (Lipinski definition) is 1. The predicted molar refractivity (Wildman–Crippen MR) is 78.8 cm³/mol. The fraction of sp³-hybridized carbons (Fsp3) is 0.400. The molecule has 5 nitrogen and oxygen atoms in total. The van der Waals surface area contributed by atoms with Gasteiger partial charge in [-0.1, -0.05) is 0 Å². The van der Waals surface area contributed by atoms with Gasteiger partial charge in [0.05, 0.1) is 25.6 Å². The number of methoxy groups -OCH3 is 2. The Morgan fingerprint density at radius 1 is 1.15 bits per heavy atom. The zero-order chi connectivity index (χ0) is 14.5. The van der Waals surface area contributed by atoms with Crippen molar-refractivity contribution in [3.05, 3.63) is 35.5 Å². The first kappa shape index (κ1) is 14.4. The van der Waals surface area contributed by atoms with Gasteiger partial charge in [-0.3, -0.25) is 0 Å². The zero-order valence-corrected chi connectivity index (χ0v) is 12.2. The van der Waals surface area contributed by atoms with Crippen LogP contribution in [0.15, 0.2) is 24.3 Å². The van der Waals surface area contributed by atoms with Gasteiger partial charge in [0.25, 0.3) is 0 Å². The minimum atomic E-state index is 0.663. The second kappa shape index (κ2) is 6.43. The summed E-state index contributed by atoms with van der Waals surface area (Å²) in [5.41, 5.74) is 8.63. The van der Waals surface area contributed by atoms with Gasteiger partial charge in [0.2, 0.25) is 5.88 Å². The monoisotopic (exact) mass is 275 g/mol. The third-order valence-electron chi connectivity index (χ3n) is 3.28. The summed E-state index contributed by atoms with van der Waals surface area (Å²) < 4.78 is 12.5. The summed E-state index contributed by atoms with van der Waals surface area (Å²) in [6.45, 7) is 2.66. The van der Waals surface area contributed by atoms with Gasteiger partial charge < -0.3 is 15.2 Å². The molecule has 2 N–H and O–H groups in total. The number of ether oxygens (including phenoxy) is 2. The molecular weight excluding hydrogens is 254 g/mol. The summed E-state index contributed by atoms with van der Waals surface area (Å²) in [5.74, 6) is 1.60. The summed E-state index contributed by atoms with van der Waals surface area (Å²) in [5, 5.41) is 4.57. The van der Waals surface area contributed by atoms with Gasteiger partial charge in [-0.05, 0) is 50.6 Å². The average Bonchev–Trinajstić information content (AvgIpc) is 2.81. The first-order valence-electron chi connectivity index (χ1n) is 6.68. The maximum absolute atomic E-state index is 5.59. The molecule has 0 saturated heterocycles. The van der Waals surface area contributed by atoms with Crippen molar-refractivity contribution in [2.45, 2.75) is 19.8 Å². The number of aryl methyl sites for hydroxylation is 1. The van der Waals surface area contributed by atoms with E-state index in [1.165, 1.54) is 0 Å². The standard InChI is InChI=1S/C15H21N3O2/c1-11-14(5-4-10-16)15(20-3)18(17-11)12-6-8-13(19-2)9-7-12/h6-9H,4-5,10,16H2,1-3H3. The second-order valence-corrected chi connectivity index (χ2v) is 4.58. The van der Waals surface area contributed by atoms with Gasteiger partial charge >= 0.3 is 0 Å². The first-order chi connectivity index (χ1) is 9.71. The number of hydrogen-bond acceptors (Lipinski definition) is 4. The molecule has 0 fully saturated rings. The molecule has 2 aromatic rings. The van der Waals surface area contributed by atoms with Gasteiger partial charge in [-0.15, -0.1) is 0 Å². The fourth-order valence-corrected chi connectivity index (χ4v) is 2.21. The van der Waals surface area contributed by atoms with E-state index in [1.807, 2.05) is 35.9 Å². The van der Waals surface area contributed by atoms with Gasteiger partial charge in [0.15, 0.2) is 0 Å². The lowest BCUT2D eigenvalue weighted by atomic mass is 10.1. The van der Waals surface area contributed by atoms with E-state index in [9.17, 15) is 0 Å². The van der Waals surface area contributed by atoms with Crippen LogP contribution in [0.25, 0.3) is 5.69 Å². The van der Waals surface area contributed by atoms with Crippen LogP contribution >= 0.6 is 0 Å². The quantitative estimate of drug-likeness (QED) is 0.877. The molecular formula is C15H21N3O2. The Morgan fingerprint density at radius 2 is 1.85 bits per heavy atom. The Labute approximate surface area is 119 Å². The van der Waals surface area contributed by atoms with Crippen LogP contribution in [0.5, 0.6) is 11.6 Å². The van der Waals surface area contributed by atoms with Gasteiger partial charge in [0.1, 0.15) is 5.75 Å². The number of nitrogens with two attached hydrogens (primary N) is 1. The number of benzene rings is 1. The Morgan fingerprint density at radius 3 is 2.40 bits per heavy atom. The molecule has 0 spiro atoms. The smallest absolute Gasteiger partial charge is 0.219 e. The van der Waals surface area contributed by atoms with Crippen LogP contribution in [0.2, 0.25) is 0 Å². The van der Waals surface area contributed by atoms with Gasteiger partial charge in [-0.25, -0.2) is 4.68 Å². The maximum atomic E-state index is 5.59. The van der Waals surface area contributed by atoms with Gasteiger partial charge in [0, 0.05) is 5.56 Å². The van der Waals surface area contributed by atoms with E-state index in [-0.39, 0.29) is 0 Å². The van der Waals surface area contributed by atoms with Crippen LogP contribution < -0.4 is 15.2 Å². The molecule has 5 heteroatoms. The topological polar surface area (TPSA) is 62.3 Å². The summed E-state index contributed by atoms with van der Waals surface area (Å²) in [6.07, 6.45) is 1.80. The molecule has 1 heterocycles. The highest BCUT2D eigenvalue weighted by atomic mass is 16.5. The van der Waals surface area contributed by atoms with Gasteiger partial charge in [-0.2, -0.15) is 5.10 Å². The molecule has 20 heavy (non-hydrogen) atoms. The maximum Gasteiger partial charge on any atom is 0.219 e. The Balaban J connectivity index is 2.39. The third-order valence-corrected chi connectivity index (χ3v) is 3.28. The zero-order valence-electron chi connectivity index (χ0n) is 12.2. The highest BCUT2D eigenvalue weighted by molar-refractivity contribution is 5.43. The Hall–Kier alpha value is -2.01. The number of nitrogens with zero attached hydrogens (tertiary/aromatic N) is 2. The Bertz CT molecular complexity index is 561. The van der Waals surface area contributed by atoms with Crippen molar-refractivity contribution in [2.75, 3.05) is 20.8 Å². The lowest BCUT2D eigenvalue weighted by Gasteiger charge is -2.08. The van der Waals surface area contributed by atoms with Crippen LogP contribution in [0.4, 0.5) is 0 Å². The summed E-state index contributed by atoms with van der Waals surface area (Å²) in [6, 6.07) is 7.73. The van der Waals surface area contributed by atoms with E-state index in [4.69, 9.17) is 15.2 Å². The second-order valence-electron chi connectivity index (χ2n) is 4.58. The molecule has 0 saturated carbocycles. The summed E-state index contributed by atoms with van der Waals surface area (Å²) >= 11 is 0. The van der Waals surface area contributed by atoms with Crippen LogP contribution in [-0.4, -0.2) is 30.5 Å². The molecule has 0 atom stereocenters. The Kier molecular flexibility index (Phi) is 4.63. The molecule has 0 bridgehead atoms. The van der Waals surface area contributed by atoms with E-state index in [0.717, 1.165) is 41.4 Å². The van der Waals surface area contributed by atoms with Crippen molar-refractivity contribution in [3.8, 4) is 17.3 Å². The lowest BCUT2D eigenvalue weighted by molar-refractivity contribution is 0.378. The largest absolute Gasteiger partial charge is 0.497 e. The average molecular weight is 275 g/mol. The van der Waals surface area contributed by atoms with Crippen molar-refractivity contribution in [1.82, 2.24) is 9.78 Å². The SMILES string of the molecule is COc1ccc(-n2nc(C)c(CCCN)c2OC)cc1. The molecule has 0 amide bonds. The molecule has 0 aliphatic rings. The highest BCUT2D eigenvalue weighted by Crippen LogP contribution is 2.27. The highest BCUT2D eigenvalue weighted by Gasteiger charge is 2.16. The van der Waals surface area contributed by atoms with Crippen LogP contribution in [0.3, 0.4) is 0 Å². The van der Waals surface area contributed by atoms with E-state index < -0.39 is 0 Å². The van der Waals surface area contributed by atoms with Crippen molar-refractivity contribution >= 4 is 0 Å². The van der Waals surface area contributed by atoms with Crippen molar-refractivity contribution in [1.29, 1.82) is 0 Å². The predicted octanol–water partition coefficient (Wildman–Crippen LogP) is 2.09. The molecule has 2 rings (SSSR count). The fourth-order valence-electron chi connectivity index (χ4n) is 2.21. The number of aromatic nitrogens is 2. The third kappa shape index (κ3) is 2.77. The summed E-state index contributed by atoms with van der Waals surface area (Å²) in [7, 11) is 3.32. The minimum Gasteiger partial charge on any atom is -0.497 e. The van der Waals surface area contributed by atoms with E-state index >= 15 is 0 Å². The minimum absolute atomic E-state index is 0.663. The first-order valence-corrected chi connectivity index (χ1v) is 6.68. The van der Waals surface area contributed by atoms with Crippen LogP contribution in [-0.2, 0) is 6.42 Å². The molecule has 0 aliphatic carbocycles. The van der Waals surface area contributed by atoms with Crippen molar-refractivity contribution in [3.63, 3.8) is 0 Å². The molecule has 1 aromatic heterocycles. The molecule has 1 aromatic carbocycles. The van der Waals surface area contributed by atoms with E-state index in [1.54, 1.807) is 14.2 Å². The molecule has 0 aliphatic heterocycles. The van der Waals surface area contributed by atoms with E-state index in [0.29, 0.717) is 6.54 Å². The molecule has 0 unspecified atom stereocenters. The lowest BCUT2D eigenvalue weighted by Crippen LogP contribution is -2.03. The number of rotatable bonds is 6. The van der Waals surface area contributed by atoms with E-state index in [2.05, 4.69) is 5.10 Å². The van der Waals surface area contributed by atoms with Crippen molar-refractivity contribution in [2.24, 2.45) is 5.73 Å². The van der Waals surface area contributed by atoms with Crippen LogP contribution in [0.1, 0.15) is 17.7 Å². The normalized spacial score (nSPS) is 10.6. The summed E-state index contributed by atoms with van der Waals surface area (Å²) in [4.78, 5) is 0.